The van der Waals surface area contributed by atoms with E-state index in [9.17, 15) is 0 Å². The van der Waals surface area contributed by atoms with Crippen molar-refractivity contribution in [3.63, 3.8) is 0 Å². The fraction of sp³-hybridized carbons (Fsp3) is 0. The zero-order chi connectivity index (χ0) is 38.9. The second kappa shape index (κ2) is 13.7. The van der Waals surface area contributed by atoms with Crippen molar-refractivity contribution in [2.24, 2.45) is 0 Å². The quantitative estimate of drug-likeness (QED) is 0.159. The van der Waals surface area contributed by atoms with Gasteiger partial charge in [0.15, 0.2) is 0 Å². The van der Waals surface area contributed by atoms with Gasteiger partial charge >= 0.3 is 0 Å². The molecule has 0 radical (unpaired) electrons. The number of rotatable bonds is 7. The Labute approximate surface area is 349 Å². The Morgan fingerprint density at radius 1 is 0.305 bits per heavy atom. The van der Waals surface area contributed by atoms with Gasteiger partial charge in [-0.15, -0.1) is 22.7 Å². The fourth-order valence-corrected chi connectivity index (χ4v) is 11.2. The summed E-state index contributed by atoms with van der Waals surface area (Å²) in [5.41, 5.74) is 10.0. The summed E-state index contributed by atoms with van der Waals surface area (Å²) in [6.07, 6.45) is 0. The lowest BCUT2D eigenvalue weighted by Gasteiger charge is -2.30. The van der Waals surface area contributed by atoms with Gasteiger partial charge in [-0.2, -0.15) is 0 Å². The molecule has 3 aromatic heterocycles. The summed E-state index contributed by atoms with van der Waals surface area (Å²) in [6.45, 7) is 0. The summed E-state index contributed by atoms with van der Waals surface area (Å²) in [5.74, 6) is 0. The molecule has 0 unspecified atom stereocenters. The van der Waals surface area contributed by atoms with Crippen molar-refractivity contribution in [2.45, 2.75) is 0 Å². The third-order valence-electron chi connectivity index (χ3n) is 11.5. The van der Waals surface area contributed by atoms with Crippen molar-refractivity contribution >= 4 is 119 Å². The topological polar surface area (TPSA) is 11.4 Å². The molecule has 12 aromatic rings. The number of thiophene rings is 2. The Balaban J connectivity index is 1.19. The highest BCUT2D eigenvalue weighted by atomic mass is 32.1. The van der Waals surface area contributed by atoms with Gasteiger partial charge in [0.25, 0.3) is 0 Å². The number of fused-ring (bicyclic) bond motifs is 9. The molecule has 3 nitrogen and oxygen atoms in total. The number of hydrogen-bond acceptors (Lipinski definition) is 4. The summed E-state index contributed by atoms with van der Waals surface area (Å²) in [5, 5.41) is 7.56. The van der Waals surface area contributed by atoms with E-state index < -0.39 is 0 Å². The molecule has 3 heterocycles. The summed E-state index contributed by atoms with van der Waals surface area (Å²) in [7, 11) is 0. The zero-order valence-corrected chi connectivity index (χ0v) is 33.5. The van der Waals surface area contributed by atoms with Gasteiger partial charge in [0, 0.05) is 85.2 Å². The lowest BCUT2D eigenvalue weighted by atomic mass is 10.1. The number of anilines is 6. The number of benzene rings is 9. The van der Waals surface area contributed by atoms with Gasteiger partial charge in [-0.05, 0) is 91.0 Å². The zero-order valence-electron chi connectivity index (χ0n) is 31.9. The highest BCUT2D eigenvalue weighted by Crippen LogP contribution is 2.49. The summed E-state index contributed by atoms with van der Waals surface area (Å²) in [4.78, 5) is 4.89. The minimum Gasteiger partial charge on any atom is -0.310 e. The molecular formula is C54H35N3S2. The SMILES string of the molecule is c1ccc(N(c2ccc3c(c2)sc2ccccc23)c2cc(N(c3ccccc3)c3ccc4c(c3)sc3ccccc34)c3c(c2)c2ccccc2n3-c2ccccc2)cc1. The minimum atomic E-state index is 1.08. The first kappa shape index (κ1) is 33.9. The Hall–Kier alpha value is -7.18. The van der Waals surface area contributed by atoms with Crippen LogP contribution >= 0.6 is 22.7 Å². The van der Waals surface area contributed by atoms with E-state index in [0.29, 0.717) is 0 Å². The van der Waals surface area contributed by atoms with Crippen LogP contribution in [0.5, 0.6) is 0 Å². The lowest BCUT2D eigenvalue weighted by Crippen LogP contribution is -2.14. The highest BCUT2D eigenvalue weighted by Gasteiger charge is 2.26. The van der Waals surface area contributed by atoms with Gasteiger partial charge in [-0.1, -0.05) is 121 Å². The van der Waals surface area contributed by atoms with Crippen molar-refractivity contribution in [1.29, 1.82) is 0 Å². The van der Waals surface area contributed by atoms with E-state index in [2.05, 4.69) is 227 Å². The van der Waals surface area contributed by atoms with Gasteiger partial charge in [0.1, 0.15) is 0 Å². The second-order valence-electron chi connectivity index (χ2n) is 14.9. The lowest BCUT2D eigenvalue weighted by molar-refractivity contribution is 1.16. The van der Waals surface area contributed by atoms with E-state index in [1.54, 1.807) is 0 Å². The molecule has 278 valence electrons. The fourth-order valence-electron chi connectivity index (χ4n) is 8.94. The first-order valence-corrected chi connectivity index (χ1v) is 21.6. The van der Waals surface area contributed by atoms with Crippen molar-refractivity contribution in [2.75, 3.05) is 9.80 Å². The van der Waals surface area contributed by atoms with E-state index >= 15 is 0 Å². The number of hydrogen-bond donors (Lipinski definition) is 0. The minimum absolute atomic E-state index is 1.08. The Morgan fingerprint density at radius 3 is 1.39 bits per heavy atom. The molecule has 5 heteroatoms. The molecule has 59 heavy (non-hydrogen) atoms. The maximum atomic E-state index is 2.46. The van der Waals surface area contributed by atoms with E-state index in [0.717, 1.165) is 50.8 Å². The van der Waals surface area contributed by atoms with Crippen LogP contribution < -0.4 is 9.80 Å². The Morgan fingerprint density at radius 2 is 0.780 bits per heavy atom. The molecular weight excluding hydrogens is 755 g/mol. The average molecular weight is 790 g/mol. The predicted octanol–water partition coefficient (Wildman–Crippen LogP) is 16.5. The molecule has 0 saturated heterocycles. The second-order valence-corrected chi connectivity index (χ2v) is 17.1. The van der Waals surface area contributed by atoms with Crippen LogP contribution in [0.3, 0.4) is 0 Å². The number of nitrogens with zero attached hydrogens (tertiary/aromatic N) is 3. The summed E-state index contributed by atoms with van der Waals surface area (Å²) >= 11 is 3.71. The number of para-hydroxylation sites is 4. The average Bonchev–Trinajstić information content (AvgIpc) is 3.97. The molecule has 0 bridgehead atoms. The first-order chi connectivity index (χ1) is 29.3. The summed E-state index contributed by atoms with van der Waals surface area (Å²) < 4.78 is 7.59. The Kier molecular flexibility index (Phi) is 7.90. The highest BCUT2D eigenvalue weighted by molar-refractivity contribution is 7.26. The standard InChI is InChI=1S/C54H35N3S2/c1-4-16-36(17-5-1)55(39-28-30-45-43-23-11-14-26-50(43)58-52(45)34-39)41-32-47-42-22-10-13-25-48(42)57(38-20-8-3-9-21-38)54(47)49(33-41)56(37-18-6-2-7-19-37)40-29-31-46-44-24-12-15-27-51(44)59-53(46)35-40/h1-35H. The van der Waals surface area contributed by atoms with E-state index in [4.69, 9.17) is 0 Å². The molecule has 12 rings (SSSR count). The monoisotopic (exact) mass is 789 g/mol. The van der Waals surface area contributed by atoms with Gasteiger partial charge in [-0.25, -0.2) is 0 Å². The van der Waals surface area contributed by atoms with Crippen LogP contribution in [-0.4, -0.2) is 4.57 Å². The van der Waals surface area contributed by atoms with Crippen LogP contribution in [0.25, 0.3) is 67.8 Å². The Bertz CT molecular complexity index is 3510. The largest absolute Gasteiger partial charge is 0.310 e. The van der Waals surface area contributed by atoms with Crippen LogP contribution in [-0.2, 0) is 0 Å². The first-order valence-electron chi connectivity index (χ1n) is 19.9. The maximum Gasteiger partial charge on any atom is 0.0783 e. The molecule has 0 aliphatic rings. The maximum absolute atomic E-state index is 2.46. The van der Waals surface area contributed by atoms with E-state index in [-0.39, 0.29) is 0 Å². The van der Waals surface area contributed by atoms with E-state index in [1.165, 1.54) is 51.1 Å². The van der Waals surface area contributed by atoms with Crippen molar-refractivity contribution < 1.29 is 0 Å². The van der Waals surface area contributed by atoms with E-state index in [1.807, 2.05) is 22.7 Å². The van der Waals surface area contributed by atoms with Crippen molar-refractivity contribution in [1.82, 2.24) is 4.57 Å². The van der Waals surface area contributed by atoms with Gasteiger partial charge in [0.2, 0.25) is 0 Å². The van der Waals surface area contributed by atoms with Crippen LogP contribution in [0.4, 0.5) is 34.1 Å². The molecule has 0 amide bonds. The number of aromatic nitrogens is 1. The molecule has 0 N–H and O–H groups in total. The van der Waals surface area contributed by atoms with Crippen molar-refractivity contribution in [3.8, 4) is 5.69 Å². The molecule has 0 aliphatic heterocycles. The molecule has 0 atom stereocenters. The smallest absolute Gasteiger partial charge is 0.0783 e. The summed E-state index contributed by atoms with van der Waals surface area (Å²) in [6, 6.07) is 77.5. The van der Waals surface area contributed by atoms with Crippen molar-refractivity contribution in [3.05, 3.63) is 212 Å². The van der Waals surface area contributed by atoms with Gasteiger partial charge < -0.3 is 14.4 Å². The van der Waals surface area contributed by atoms with Crippen LogP contribution in [0.1, 0.15) is 0 Å². The van der Waals surface area contributed by atoms with Gasteiger partial charge in [-0.3, -0.25) is 0 Å². The molecule has 9 aromatic carbocycles. The van der Waals surface area contributed by atoms with Gasteiger partial charge in [0.05, 0.1) is 16.7 Å². The third kappa shape index (κ3) is 5.54. The molecule has 0 aliphatic carbocycles. The van der Waals surface area contributed by atoms with Crippen LogP contribution in [0.2, 0.25) is 0 Å². The van der Waals surface area contributed by atoms with Crippen LogP contribution in [0, 0.1) is 0 Å². The normalized spacial score (nSPS) is 11.7. The molecule has 0 fully saturated rings. The van der Waals surface area contributed by atoms with Crippen LogP contribution in [0.15, 0.2) is 212 Å². The molecule has 0 saturated carbocycles. The third-order valence-corrected chi connectivity index (χ3v) is 13.8. The molecule has 0 spiro atoms. The predicted molar refractivity (Wildman–Crippen MR) is 256 cm³/mol.